The first-order valence-corrected chi connectivity index (χ1v) is 4.01. The number of aromatic nitrogens is 2. The number of allylic oxidation sites excluding steroid dienone is 1. The third-order valence-corrected chi connectivity index (χ3v) is 1.87. The van der Waals surface area contributed by atoms with E-state index in [0.29, 0.717) is 5.92 Å². The van der Waals surface area contributed by atoms with E-state index in [2.05, 4.69) is 37.0 Å². The minimum absolute atomic E-state index is 0. The molecule has 0 spiro atoms. The van der Waals surface area contributed by atoms with Gasteiger partial charge < -0.3 is 4.98 Å². The second kappa shape index (κ2) is 3.39. The number of imidazole rings is 1. The molecule has 1 rings (SSSR count). The Labute approximate surface area is 74.5 Å². The Morgan fingerprint density at radius 2 is 2.42 bits per heavy atom. The molecule has 66 valence electrons. The highest BCUT2D eigenvalue weighted by molar-refractivity contribution is 5.68. The highest BCUT2D eigenvalue weighted by Gasteiger charge is 2.09. The number of hydrogen-bond donors (Lipinski definition) is 1. The van der Waals surface area contributed by atoms with E-state index in [9.17, 15) is 0 Å². The summed E-state index contributed by atoms with van der Waals surface area (Å²) in [5.41, 5.74) is 2.93. The van der Waals surface area contributed by atoms with Gasteiger partial charge in [-0.3, -0.25) is 0 Å². The minimum Gasteiger partial charge on any atom is -0.345 e. The van der Waals surface area contributed by atoms with Crippen LogP contribution < -0.4 is 0 Å². The predicted octanol–water partition coefficient (Wildman–Crippen LogP) is 2.97. The molecule has 1 aromatic rings. The maximum absolute atomic E-state index is 4.18. The monoisotopic (exact) mass is 164 g/mol. The first-order chi connectivity index (χ1) is 5.66. The summed E-state index contributed by atoms with van der Waals surface area (Å²) < 4.78 is 0. The Kier molecular flexibility index (Phi) is 2.48. The van der Waals surface area contributed by atoms with E-state index < -0.39 is 0 Å². The van der Waals surface area contributed by atoms with E-state index in [1.807, 2.05) is 0 Å². The number of nitrogens with one attached hydrogen (secondary N) is 1. The Balaban J connectivity index is 0.00000144. The van der Waals surface area contributed by atoms with Crippen LogP contribution in [-0.4, -0.2) is 9.97 Å². The fourth-order valence-electron chi connectivity index (χ4n) is 0.989. The molecule has 0 aliphatic heterocycles. The van der Waals surface area contributed by atoms with Gasteiger partial charge in [-0.05, 0) is 17.6 Å². The summed E-state index contributed by atoms with van der Waals surface area (Å²) in [4.78, 5) is 7.18. The molecule has 1 heterocycles. The van der Waals surface area contributed by atoms with Crippen molar-refractivity contribution in [2.45, 2.75) is 13.8 Å². The lowest BCUT2D eigenvalue weighted by atomic mass is 10.0. The zero-order chi connectivity index (χ0) is 9.14. The topological polar surface area (TPSA) is 28.7 Å². The highest BCUT2D eigenvalue weighted by Crippen LogP contribution is 2.21. The zero-order valence-corrected chi connectivity index (χ0v) is 7.59. The van der Waals surface area contributed by atoms with Gasteiger partial charge in [-0.1, -0.05) is 27.0 Å². The average Bonchev–Trinajstić information content (AvgIpc) is 2.49. The highest BCUT2D eigenvalue weighted by atomic mass is 14.9. The van der Waals surface area contributed by atoms with Crippen LogP contribution in [0.5, 0.6) is 0 Å². The van der Waals surface area contributed by atoms with Crippen LogP contribution in [0.25, 0.3) is 11.6 Å². The van der Waals surface area contributed by atoms with E-state index in [0.717, 1.165) is 17.0 Å². The quantitative estimate of drug-likeness (QED) is 0.731. The van der Waals surface area contributed by atoms with Gasteiger partial charge in [-0.15, -0.1) is 0 Å². The summed E-state index contributed by atoms with van der Waals surface area (Å²) in [7, 11) is 0. The van der Waals surface area contributed by atoms with Crippen molar-refractivity contribution >= 4 is 11.6 Å². The number of hydrogen-bond acceptors (Lipinski definition) is 1. The lowest BCUT2D eigenvalue weighted by Gasteiger charge is -2.06. The third-order valence-electron chi connectivity index (χ3n) is 1.87. The number of rotatable bonds is 3. The summed E-state index contributed by atoms with van der Waals surface area (Å²) in [6.45, 7) is 11.9. The van der Waals surface area contributed by atoms with E-state index in [1.165, 1.54) is 0 Å². The van der Waals surface area contributed by atoms with Gasteiger partial charge in [0.15, 0.2) is 0 Å². The van der Waals surface area contributed by atoms with Crippen LogP contribution in [0.3, 0.4) is 0 Å². The van der Waals surface area contributed by atoms with Crippen LogP contribution >= 0.6 is 0 Å². The van der Waals surface area contributed by atoms with Crippen LogP contribution in [0.2, 0.25) is 0 Å². The maximum atomic E-state index is 4.18. The molecule has 0 fully saturated rings. The predicted molar refractivity (Wildman–Crippen MR) is 54.7 cm³/mol. The molecule has 0 aliphatic carbocycles. The summed E-state index contributed by atoms with van der Waals surface area (Å²) in [5.74, 6) is 0.423. The molecule has 0 amide bonds. The van der Waals surface area contributed by atoms with E-state index in [1.54, 1.807) is 12.4 Å². The van der Waals surface area contributed by atoms with Crippen molar-refractivity contribution in [2.24, 2.45) is 5.92 Å². The molecule has 0 atom stereocenters. The van der Waals surface area contributed by atoms with Crippen molar-refractivity contribution in [1.29, 1.82) is 0 Å². The second-order valence-electron chi connectivity index (χ2n) is 3.05. The lowest BCUT2D eigenvalue weighted by Crippen LogP contribution is -1.94. The van der Waals surface area contributed by atoms with E-state index in [-0.39, 0.29) is 1.43 Å². The van der Waals surface area contributed by atoms with Crippen LogP contribution in [0.4, 0.5) is 0 Å². The Hall–Kier alpha value is -1.31. The number of H-pyrrole nitrogens is 1. The molecule has 0 saturated carbocycles. The van der Waals surface area contributed by atoms with Crippen molar-refractivity contribution in [3.8, 4) is 0 Å². The lowest BCUT2D eigenvalue weighted by molar-refractivity contribution is 0.852. The molecular formula is C10H16N2. The Bertz CT molecular complexity index is 300. The van der Waals surface area contributed by atoms with Gasteiger partial charge in [0.25, 0.3) is 0 Å². The fourth-order valence-corrected chi connectivity index (χ4v) is 0.989. The van der Waals surface area contributed by atoms with E-state index in [4.69, 9.17) is 0 Å². The van der Waals surface area contributed by atoms with E-state index >= 15 is 0 Å². The number of nitrogens with zero attached hydrogens (tertiary/aromatic N) is 1. The smallest absolute Gasteiger partial charge is 0.0931 e. The third kappa shape index (κ3) is 1.47. The van der Waals surface area contributed by atoms with Crippen molar-refractivity contribution in [2.75, 3.05) is 0 Å². The molecule has 0 unspecified atom stereocenters. The summed E-state index contributed by atoms with van der Waals surface area (Å²) in [5, 5.41) is 0. The van der Waals surface area contributed by atoms with Crippen LogP contribution in [0.1, 0.15) is 26.7 Å². The van der Waals surface area contributed by atoms with Crippen molar-refractivity contribution in [3.05, 3.63) is 30.9 Å². The Morgan fingerprint density at radius 1 is 1.75 bits per heavy atom. The van der Waals surface area contributed by atoms with Gasteiger partial charge in [0.1, 0.15) is 0 Å². The van der Waals surface area contributed by atoms with Gasteiger partial charge in [0.05, 0.1) is 17.7 Å². The number of aromatic amines is 1. The summed E-state index contributed by atoms with van der Waals surface area (Å²) in [6, 6.07) is 0. The molecule has 2 heteroatoms. The van der Waals surface area contributed by atoms with Crippen LogP contribution in [0, 0.1) is 5.92 Å². The average molecular weight is 164 g/mol. The fraction of sp³-hybridized carbons (Fsp3) is 0.300. The van der Waals surface area contributed by atoms with Crippen LogP contribution in [-0.2, 0) is 0 Å². The molecule has 0 aromatic carbocycles. The normalized spacial score (nSPS) is 10.2. The first-order valence-electron chi connectivity index (χ1n) is 4.01. The molecular weight excluding hydrogens is 148 g/mol. The van der Waals surface area contributed by atoms with Gasteiger partial charge >= 0.3 is 0 Å². The van der Waals surface area contributed by atoms with Crippen molar-refractivity contribution in [1.82, 2.24) is 9.97 Å². The van der Waals surface area contributed by atoms with Gasteiger partial charge in [-0.2, -0.15) is 0 Å². The SMILES string of the molecule is C=Cc1[nH]cnc1C(=C)C(C)C.[HH]. The second-order valence-corrected chi connectivity index (χ2v) is 3.05. The maximum Gasteiger partial charge on any atom is 0.0931 e. The minimum atomic E-state index is 0. The zero-order valence-electron chi connectivity index (χ0n) is 7.59. The molecule has 0 radical (unpaired) electrons. The molecule has 2 nitrogen and oxygen atoms in total. The first kappa shape index (κ1) is 8.78. The molecule has 0 saturated heterocycles. The van der Waals surface area contributed by atoms with Crippen molar-refractivity contribution in [3.63, 3.8) is 0 Å². The molecule has 12 heavy (non-hydrogen) atoms. The van der Waals surface area contributed by atoms with Gasteiger partial charge in [0, 0.05) is 1.43 Å². The van der Waals surface area contributed by atoms with Gasteiger partial charge in [-0.25, -0.2) is 4.98 Å². The summed E-state index contributed by atoms with van der Waals surface area (Å²) >= 11 is 0. The largest absolute Gasteiger partial charge is 0.345 e. The Morgan fingerprint density at radius 3 is 2.92 bits per heavy atom. The van der Waals surface area contributed by atoms with Gasteiger partial charge in [0.2, 0.25) is 0 Å². The standard InChI is InChI=1S/C10H14N2.H2/c1-5-9-10(12-6-11-9)8(4)7(2)3;/h5-7H,1,4H2,2-3H3,(H,11,12);1H. The molecule has 1 N–H and O–H groups in total. The van der Waals surface area contributed by atoms with Crippen LogP contribution in [0.15, 0.2) is 19.5 Å². The molecule has 0 aliphatic rings. The molecule has 0 bridgehead atoms. The molecule has 1 aromatic heterocycles. The summed E-state index contributed by atoms with van der Waals surface area (Å²) in [6.07, 6.45) is 3.43. The van der Waals surface area contributed by atoms with Crippen molar-refractivity contribution < 1.29 is 1.43 Å².